The van der Waals surface area contributed by atoms with Crippen molar-refractivity contribution in [3.05, 3.63) is 12.2 Å². The normalized spacial score (nSPS) is 14.5. The molecule has 0 aromatic carbocycles. The van der Waals surface area contributed by atoms with Gasteiger partial charge in [0.05, 0.1) is 0 Å². The van der Waals surface area contributed by atoms with Crippen LogP contribution in [0.1, 0.15) is 19.3 Å². The second-order valence-electron chi connectivity index (χ2n) is 3.16. The van der Waals surface area contributed by atoms with E-state index in [4.69, 9.17) is 5.26 Å². The maximum Gasteiger partial charge on any atom is 0.286 e. The van der Waals surface area contributed by atoms with E-state index in [1.54, 1.807) is 6.26 Å². The lowest BCUT2D eigenvalue weighted by atomic mass is 10.2. The first-order chi connectivity index (χ1) is 7.25. The highest BCUT2D eigenvalue weighted by molar-refractivity contribution is 6.12. The number of carbonyl (C=O) groups excluding carboxylic acids is 2. The molecule has 0 radical (unpaired) electrons. The van der Waals surface area contributed by atoms with Gasteiger partial charge in [0.1, 0.15) is 6.61 Å². The predicted molar refractivity (Wildman–Crippen MR) is 51.3 cm³/mol. The number of rotatable bonds is 6. The van der Waals surface area contributed by atoms with Crippen LogP contribution in [0.5, 0.6) is 0 Å². The Kier molecular flexibility index (Phi) is 4.35. The zero-order valence-corrected chi connectivity index (χ0v) is 8.31. The third-order valence-corrected chi connectivity index (χ3v) is 2.09. The molecule has 0 spiro atoms. The number of ether oxygens (including phenoxy) is 1. The highest BCUT2D eigenvalue weighted by Gasteiger charge is 2.21. The monoisotopic (exact) mass is 208 g/mol. The molecule has 5 nitrogen and oxygen atoms in total. The van der Waals surface area contributed by atoms with Gasteiger partial charge in [-0.3, -0.25) is 14.5 Å². The smallest absolute Gasteiger partial charge is 0.286 e. The maximum atomic E-state index is 11.1. The fraction of sp³-hybridized carbons (Fsp3) is 0.500. The second-order valence-corrected chi connectivity index (χ2v) is 3.16. The predicted octanol–water partition coefficient (Wildman–Crippen LogP) is 0.579. The molecule has 0 atom stereocenters. The van der Waals surface area contributed by atoms with E-state index in [0.717, 1.165) is 19.3 Å². The first kappa shape index (κ1) is 11.2. The Morgan fingerprint density at radius 3 is 2.47 bits per heavy atom. The largest absolute Gasteiger partial charge is 0.428 e. The summed E-state index contributed by atoms with van der Waals surface area (Å²) in [7, 11) is 0. The van der Waals surface area contributed by atoms with Crippen molar-refractivity contribution in [3.63, 3.8) is 0 Å². The van der Waals surface area contributed by atoms with Gasteiger partial charge >= 0.3 is 0 Å². The van der Waals surface area contributed by atoms with Gasteiger partial charge in [-0.05, 0) is 19.3 Å². The van der Waals surface area contributed by atoms with Crippen LogP contribution in [0.2, 0.25) is 0 Å². The summed E-state index contributed by atoms with van der Waals surface area (Å²) in [4.78, 5) is 23.4. The van der Waals surface area contributed by atoms with Gasteiger partial charge in [0.2, 0.25) is 0 Å². The molecule has 0 bridgehead atoms. The Hall–Kier alpha value is -1.83. The fourth-order valence-electron chi connectivity index (χ4n) is 1.32. The third kappa shape index (κ3) is 3.43. The summed E-state index contributed by atoms with van der Waals surface area (Å²) in [6.45, 7) is 0.841. The molecule has 0 N–H and O–H groups in total. The Bertz CT molecular complexity index is 299. The Balaban J connectivity index is 2.08. The quantitative estimate of drug-likeness (QED) is 0.363. The molecule has 0 unspecified atom stereocenters. The zero-order valence-electron chi connectivity index (χ0n) is 8.31. The standard InChI is InChI=1S/C10H12N2O3/c11-8-15-7-3-1-2-6-12-9(13)4-5-10(12)14/h4-5H,1-3,6-7H2. The van der Waals surface area contributed by atoms with Crippen molar-refractivity contribution in [1.82, 2.24) is 4.90 Å². The molecule has 1 aliphatic rings. The topological polar surface area (TPSA) is 70.4 Å². The average molecular weight is 208 g/mol. The van der Waals surface area contributed by atoms with E-state index in [1.807, 2.05) is 0 Å². The first-order valence-electron chi connectivity index (χ1n) is 4.80. The minimum absolute atomic E-state index is 0.242. The number of amides is 2. The molecule has 1 aliphatic heterocycles. The van der Waals surface area contributed by atoms with Gasteiger partial charge in [-0.15, -0.1) is 0 Å². The molecule has 80 valence electrons. The highest BCUT2D eigenvalue weighted by atomic mass is 16.5. The Morgan fingerprint density at radius 2 is 1.87 bits per heavy atom. The molecule has 0 fully saturated rings. The van der Waals surface area contributed by atoms with Crippen LogP contribution in [0.4, 0.5) is 0 Å². The van der Waals surface area contributed by atoms with Crippen LogP contribution in [0.25, 0.3) is 0 Å². The number of unbranched alkanes of at least 4 members (excludes halogenated alkanes) is 2. The molecule has 15 heavy (non-hydrogen) atoms. The van der Waals surface area contributed by atoms with Crippen molar-refractivity contribution in [2.24, 2.45) is 0 Å². The van der Waals surface area contributed by atoms with E-state index in [0.29, 0.717) is 13.2 Å². The number of nitrogens with zero attached hydrogens (tertiary/aromatic N) is 2. The van der Waals surface area contributed by atoms with Crippen molar-refractivity contribution < 1.29 is 14.3 Å². The Morgan fingerprint density at radius 1 is 1.20 bits per heavy atom. The van der Waals surface area contributed by atoms with Gasteiger partial charge < -0.3 is 4.74 Å². The summed E-state index contributed by atoms with van der Waals surface area (Å²) >= 11 is 0. The van der Waals surface area contributed by atoms with Crippen LogP contribution in [-0.4, -0.2) is 29.9 Å². The summed E-state index contributed by atoms with van der Waals surface area (Å²) in [5.41, 5.74) is 0. The van der Waals surface area contributed by atoms with Crippen LogP contribution in [-0.2, 0) is 14.3 Å². The second kappa shape index (κ2) is 5.81. The van der Waals surface area contributed by atoms with Gasteiger partial charge in [-0.2, -0.15) is 5.26 Å². The summed E-state index contributed by atoms with van der Waals surface area (Å²) in [5, 5.41) is 8.09. The van der Waals surface area contributed by atoms with Crippen molar-refractivity contribution >= 4 is 11.8 Å². The lowest BCUT2D eigenvalue weighted by Gasteiger charge is -2.12. The van der Waals surface area contributed by atoms with Gasteiger partial charge in [-0.1, -0.05) is 0 Å². The molecule has 0 aliphatic carbocycles. The molecule has 0 saturated heterocycles. The summed E-state index contributed by atoms with van der Waals surface area (Å²) in [5.74, 6) is -0.485. The molecule has 1 rings (SSSR count). The van der Waals surface area contributed by atoms with Gasteiger partial charge in [0, 0.05) is 18.7 Å². The van der Waals surface area contributed by atoms with Crippen LogP contribution < -0.4 is 0 Å². The molecule has 0 saturated carbocycles. The van der Waals surface area contributed by atoms with Crippen molar-refractivity contribution in [2.75, 3.05) is 13.2 Å². The lowest BCUT2D eigenvalue weighted by molar-refractivity contribution is -0.136. The van der Waals surface area contributed by atoms with Crippen molar-refractivity contribution in [2.45, 2.75) is 19.3 Å². The minimum atomic E-state index is -0.242. The zero-order chi connectivity index (χ0) is 11.1. The lowest BCUT2D eigenvalue weighted by Crippen LogP contribution is -2.30. The van der Waals surface area contributed by atoms with Crippen LogP contribution in [0.15, 0.2) is 12.2 Å². The molecule has 1 heterocycles. The van der Waals surface area contributed by atoms with E-state index in [-0.39, 0.29) is 11.8 Å². The number of hydrogen-bond acceptors (Lipinski definition) is 4. The maximum absolute atomic E-state index is 11.1. The van der Waals surface area contributed by atoms with E-state index < -0.39 is 0 Å². The number of nitriles is 1. The molecular formula is C10H12N2O3. The first-order valence-corrected chi connectivity index (χ1v) is 4.80. The molecule has 2 amide bonds. The number of imide groups is 1. The van der Waals surface area contributed by atoms with Crippen molar-refractivity contribution in [3.8, 4) is 6.26 Å². The van der Waals surface area contributed by atoms with E-state index in [2.05, 4.69) is 4.74 Å². The SMILES string of the molecule is N#COCCCCCN1C(=O)C=CC1=O. The average Bonchev–Trinajstić information content (AvgIpc) is 2.54. The fourth-order valence-corrected chi connectivity index (χ4v) is 1.32. The van der Waals surface area contributed by atoms with Crippen LogP contribution in [0, 0.1) is 11.5 Å². The van der Waals surface area contributed by atoms with E-state index in [9.17, 15) is 9.59 Å². The summed E-state index contributed by atoms with van der Waals surface area (Å²) < 4.78 is 4.49. The summed E-state index contributed by atoms with van der Waals surface area (Å²) in [6.07, 6.45) is 6.48. The van der Waals surface area contributed by atoms with Gasteiger partial charge in [0.25, 0.3) is 18.1 Å². The number of carbonyl (C=O) groups is 2. The minimum Gasteiger partial charge on any atom is -0.428 e. The third-order valence-electron chi connectivity index (χ3n) is 2.09. The van der Waals surface area contributed by atoms with Gasteiger partial charge in [-0.25, -0.2) is 0 Å². The van der Waals surface area contributed by atoms with Crippen LogP contribution in [0.3, 0.4) is 0 Å². The summed E-state index contributed by atoms with van der Waals surface area (Å²) in [6, 6.07) is 0. The Labute approximate surface area is 87.9 Å². The van der Waals surface area contributed by atoms with E-state index in [1.165, 1.54) is 17.1 Å². The van der Waals surface area contributed by atoms with E-state index >= 15 is 0 Å². The highest BCUT2D eigenvalue weighted by Crippen LogP contribution is 2.06. The number of hydrogen-bond donors (Lipinski definition) is 0. The van der Waals surface area contributed by atoms with Gasteiger partial charge in [0.15, 0.2) is 0 Å². The van der Waals surface area contributed by atoms with Crippen molar-refractivity contribution in [1.29, 1.82) is 5.26 Å². The molecule has 0 aromatic heterocycles. The molecule has 0 aromatic rings. The van der Waals surface area contributed by atoms with Crippen LogP contribution >= 0.6 is 0 Å². The molecule has 5 heteroatoms. The molecular weight excluding hydrogens is 196 g/mol.